The fourth-order valence-corrected chi connectivity index (χ4v) is 3.72. The van der Waals surface area contributed by atoms with Gasteiger partial charge in [-0.2, -0.15) is 17.5 Å². The number of hydrogen-bond acceptors (Lipinski definition) is 3. The monoisotopic (exact) mass is 358 g/mol. The van der Waals surface area contributed by atoms with Gasteiger partial charge in [-0.15, -0.1) is 0 Å². The zero-order valence-electron chi connectivity index (χ0n) is 11.5. The molecule has 0 fully saturated rings. The summed E-state index contributed by atoms with van der Waals surface area (Å²) in [5, 5.41) is -0.312. The molecule has 0 aliphatic rings. The molecule has 0 radical (unpaired) electrons. The summed E-state index contributed by atoms with van der Waals surface area (Å²) in [6.45, 7) is 0.736. The van der Waals surface area contributed by atoms with E-state index in [1.165, 1.54) is 13.0 Å². The molecule has 22 heavy (non-hydrogen) atoms. The van der Waals surface area contributed by atoms with Crippen molar-refractivity contribution in [1.82, 2.24) is 4.31 Å². The zero-order chi connectivity index (χ0) is 17.1. The first-order valence-electron chi connectivity index (χ1n) is 6.09. The molecule has 1 aromatic rings. The zero-order valence-corrected chi connectivity index (χ0v) is 13.1. The van der Waals surface area contributed by atoms with Crippen LogP contribution in [0.15, 0.2) is 18.2 Å². The van der Waals surface area contributed by atoms with E-state index in [1.807, 2.05) is 0 Å². The summed E-state index contributed by atoms with van der Waals surface area (Å²) in [7, 11) is -4.18. The average Bonchev–Trinajstić information content (AvgIpc) is 2.36. The van der Waals surface area contributed by atoms with Gasteiger partial charge in [0.25, 0.3) is 0 Å². The van der Waals surface area contributed by atoms with E-state index in [4.69, 9.17) is 17.3 Å². The number of halogens is 4. The second-order valence-electron chi connectivity index (χ2n) is 4.41. The Bertz CT molecular complexity index is 662. The van der Waals surface area contributed by atoms with E-state index < -0.39 is 45.5 Å². The van der Waals surface area contributed by atoms with Gasteiger partial charge in [-0.3, -0.25) is 4.79 Å². The van der Waals surface area contributed by atoms with Crippen LogP contribution in [0.5, 0.6) is 0 Å². The molecule has 10 heteroatoms. The normalized spacial score (nSPS) is 12.6. The predicted octanol–water partition coefficient (Wildman–Crippen LogP) is 2.00. The molecule has 0 aromatic heterocycles. The first kappa shape index (κ1) is 18.7. The van der Waals surface area contributed by atoms with E-state index in [1.54, 1.807) is 0 Å². The van der Waals surface area contributed by atoms with Crippen LogP contribution in [0.25, 0.3) is 0 Å². The predicted molar refractivity (Wildman–Crippen MR) is 75.5 cm³/mol. The van der Waals surface area contributed by atoms with Gasteiger partial charge in [0.2, 0.25) is 15.9 Å². The number of alkyl halides is 3. The maximum atomic E-state index is 13.0. The summed E-state index contributed by atoms with van der Waals surface area (Å²) in [5.74, 6) is -1.87. The Morgan fingerprint density at radius 3 is 2.41 bits per heavy atom. The number of hydrogen-bond donors (Lipinski definition) is 1. The van der Waals surface area contributed by atoms with Gasteiger partial charge < -0.3 is 5.73 Å². The van der Waals surface area contributed by atoms with Crippen LogP contribution < -0.4 is 5.73 Å². The van der Waals surface area contributed by atoms with Crippen molar-refractivity contribution >= 4 is 27.5 Å². The Morgan fingerprint density at radius 2 is 1.95 bits per heavy atom. The summed E-state index contributed by atoms with van der Waals surface area (Å²) in [6.07, 6.45) is -4.74. The molecule has 0 aliphatic heterocycles. The van der Waals surface area contributed by atoms with Crippen LogP contribution in [-0.2, 0) is 26.7 Å². The van der Waals surface area contributed by atoms with Gasteiger partial charge in [-0.05, 0) is 17.7 Å². The van der Waals surface area contributed by atoms with E-state index >= 15 is 0 Å². The molecule has 0 saturated heterocycles. The van der Waals surface area contributed by atoms with E-state index in [2.05, 4.69) is 0 Å². The molecule has 0 atom stereocenters. The fraction of sp³-hybridized carbons (Fsp3) is 0.417. The van der Waals surface area contributed by atoms with Crippen LogP contribution in [0.1, 0.15) is 18.1 Å². The Hall–Kier alpha value is -1.32. The van der Waals surface area contributed by atoms with E-state index in [9.17, 15) is 26.4 Å². The molecule has 2 N–H and O–H groups in total. The Kier molecular flexibility index (Phi) is 5.82. The first-order valence-corrected chi connectivity index (χ1v) is 8.08. The third-order valence-electron chi connectivity index (χ3n) is 2.83. The molecule has 0 bridgehead atoms. The number of nitrogens with two attached hydrogens (primary N) is 1. The topological polar surface area (TPSA) is 80.5 Å². The number of carbonyl (C=O) groups is 1. The van der Waals surface area contributed by atoms with Crippen molar-refractivity contribution in [3.05, 3.63) is 34.3 Å². The SMILES string of the molecule is CCN(CC(N)=O)S(=O)(=O)Cc1c(Cl)cccc1C(F)(F)F. The number of benzene rings is 1. The second-order valence-corrected chi connectivity index (χ2v) is 6.79. The van der Waals surface area contributed by atoms with Crippen molar-refractivity contribution < 1.29 is 26.4 Å². The molecule has 5 nitrogen and oxygen atoms in total. The maximum absolute atomic E-state index is 13.0. The minimum absolute atomic E-state index is 0.100. The molecule has 1 rings (SSSR count). The van der Waals surface area contributed by atoms with Crippen LogP contribution in [0.2, 0.25) is 5.02 Å². The number of carbonyl (C=O) groups excluding carboxylic acids is 1. The van der Waals surface area contributed by atoms with Crippen LogP contribution in [0, 0.1) is 0 Å². The van der Waals surface area contributed by atoms with E-state index in [0.717, 1.165) is 12.1 Å². The maximum Gasteiger partial charge on any atom is 0.416 e. The van der Waals surface area contributed by atoms with E-state index in [-0.39, 0.29) is 11.6 Å². The molecule has 1 aromatic carbocycles. The van der Waals surface area contributed by atoms with Crippen molar-refractivity contribution in [3.63, 3.8) is 0 Å². The van der Waals surface area contributed by atoms with Gasteiger partial charge in [0.1, 0.15) is 0 Å². The lowest BCUT2D eigenvalue weighted by Crippen LogP contribution is -2.39. The molecule has 0 spiro atoms. The van der Waals surface area contributed by atoms with Crippen LogP contribution in [0.4, 0.5) is 13.2 Å². The van der Waals surface area contributed by atoms with Gasteiger partial charge in [0, 0.05) is 11.6 Å². The van der Waals surface area contributed by atoms with Gasteiger partial charge >= 0.3 is 6.18 Å². The lowest BCUT2D eigenvalue weighted by molar-refractivity contribution is -0.138. The number of rotatable bonds is 6. The summed E-state index contributed by atoms with van der Waals surface area (Å²) in [4.78, 5) is 10.9. The van der Waals surface area contributed by atoms with Gasteiger partial charge in [-0.1, -0.05) is 24.6 Å². The number of primary amides is 1. The van der Waals surface area contributed by atoms with E-state index in [0.29, 0.717) is 4.31 Å². The van der Waals surface area contributed by atoms with Crippen LogP contribution in [0.3, 0.4) is 0 Å². The Morgan fingerprint density at radius 1 is 1.36 bits per heavy atom. The van der Waals surface area contributed by atoms with Crippen molar-refractivity contribution in [3.8, 4) is 0 Å². The molecule has 0 unspecified atom stereocenters. The average molecular weight is 359 g/mol. The summed E-state index contributed by atoms with van der Waals surface area (Å²) in [6, 6.07) is 3.01. The Labute approximate surface area is 130 Å². The number of amides is 1. The highest BCUT2D eigenvalue weighted by Gasteiger charge is 2.36. The van der Waals surface area contributed by atoms with Crippen LogP contribution in [-0.4, -0.2) is 31.7 Å². The largest absolute Gasteiger partial charge is 0.416 e. The molecular formula is C12H14ClF3N2O3S. The quantitative estimate of drug-likeness (QED) is 0.844. The van der Waals surface area contributed by atoms with Crippen molar-refractivity contribution in [2.24, 2.45) is 5.73 Å². The standard InChI is InChI=1S/C12H14ClF3N2O3S/c1-2-18(6-11(17)19)22(20,21)7-8-9(12(14,15)16)4-3-5-10(8)13/h3-5H,2,6-7H2,1H3,(H2,17,19). The molecule has 1 amide bonds. The lowest BCUT2D eigenvalue weighted by atomic mass is 10.1. The van der Waals surface area contributed by atoms with Crippen molar-refractivity contribution in [2.75, 3.05) is 13.1 Å². The second kappa shape index (κ2) is 6.84. The third-order valence-corrected chi connectivity index (χ3v) is 5.01. The number of likely N-dealkylation sites (N-methyl/N-ethyl adjacent to an activating group) is 1. The van der Waals surface area contributed by atoms with Gasteiger partial charge in [0.05, 0.1) is 17.9 Å². The number of nitrogens with zero attached hydrogens (tertiary/aromatic N) is 1. The highest BCUT2D eigenvalue weighted by molar-refractivity contribution is 7.88. The molecular weight excluding hydrogens is 345 g/mol. The highest BCUT2D eigenvalue weighted by atomic mass is 35.5. The lowest BCUT2D eigenvalue weighted by Gasteiger charge is -2.21. The minimum atomic E-state index is -4.74. The smallest absolute Gasteiger partial charge is 0.369 e. The third kappa shape index (κ3) is 4.59. The first-order chi connectivity index (χ1) is 9.99. The fourth-order valence-electron chi connectivity index (χ4n) is 1.83. The molecule has 124 valence electrons. The van der Waals surface area contributed by atoms with Crippen molar-refractivity contribution in [2.45, 2.75) is 18.9 Å². The van der Waals surface area contributed by atoms with Crippen molar-refractivity contribution in [1.29, 1.82) is 0 Å². The summed E-state index contributed by atoms with van der Waals surface area (Å²) >= 11 is 5.72. The number of sulfonamides is 1. The van der Waals surface area contributed by atoms with Gasteiger partial charge in [0.15, 0.2) is 0 Å². The van der Waals surface area contributed by atoms with Gasteiger partial charge in [-0.25, -0.2) is 8.42 Å². The summed E-state index contributed by atoms with van der Waals surface area (Å²) in [5.41, 5.74) is 3.25. The summed E-state index contributed by atoms with van der Waals surface area (Å²) < 4.78 is 64.0. The highest BCUT2D eigenvalue weighted by Crippen LogP contribution is 2.36. The minimum Gasteiger partial charge on any atom is -0.369 e. The molecule has 0 aliphatic carbocycles. The molecule has 0 heterocycles. The Balaban J connectivity index is 3.26. The van der Waals surface area contributed by atoms with Crippen LogP contribution >= 0.6 is 11.6 Å². The molecule has 0 saturated carbocycles.